The van der Waals surface area contributed by atoms with Crippen LogP contribution in [0, 0.1) is 6.92 Å². The average Bonchev–Trinajstić information content (AvgIpc) is 2.35. The molecular weight excluding hydrogens is 269 g/mol. The fraction of sp³-hybridized carbons (Fsp3) is 0.231. The molecule has 2 aromatic rings. The van der Waals surface area contributed by atoms with Gasteiger partial charge in [0.15, 0.2) is 0 Å². The first-order valence-electron chi connectivity index (χ1n) is 5.65. The van der Waals surface area contributed by atoms with Gasteiger partial charge >= 0.3 is 0 Å². The van der Waals surface area contributed by atoms with Gasteiger partial charge in [-0.25, -0.2) is 9.97 Å². The van der Waals surface area contributed by atoms with Crippen molar-refractivity contribution in [1.29, 1.82) is 0 Å². The van der Waals surface area contributed by atoms with E-state index in [0.29, 0.717) is 5.15 Å². The van der Waals surface area contributed by atoms with Gasteiger partial charge in [-0.3, -0.25) is 0 Å². The van der Waals surface area contributed by atoms with Gasteiger partial charge in [0, 0.05) is 16.3 Å². The van der Waals surface area contributed by atoms with Gasteiger partial charge in [0.2, 0.25) is 0 Å². The SMILES string of the molecule is CCc1c(Cl)ncnc1Nc1cccc(Cl)c1C. The van der Waals surface area contributed by atoms with E-state index in [1.54, 1.807) is 0 Å². The third-order valence-corrected chi connectivity index (χ3v) is 3.50. The second-order valence-electron chi connectivity index (χ2n) is 3.88. The van der Waals surface area contributed by atoms with E-state index < -0.39 is 0 Å². The zero-order valence-electron chi connectivity index (χ0n) is 10.2. The normalized spacial score (nSPS) is 10.4. The molecule has 1 heterocycles. The van der Waals surface area contributed by atoms with Crippen molar-refractivity contribution in [3.05, 3.63) is 45.8 Å². The molecule has 0 fully saturated rings. The van der Waals surface area contributed by atoms with Gasteiger partial charge in [0.1, 0.15) is 17.3 Å². The lowest BCUT2D eigenvalue weighted by molar-refractivity contribution is 1.05. The average molecular weight is 282 g/mol. The van der Waals surface area contributed by atoms with E-state index in [-0.39, 0.29) is 0 Å². The Balaban J connectivity index is 2.40. The molecular formula is C13H13Cl2N3. The highest BCUT2D eigenvalue weighted by atomic mass is 35.5. The highest BCUT2D eigenvalue weighted by Gasteiger charge is 2.09. The molecule has 18 heavy (non-hydrogen) atoms. The van der Waals surface area contributed by atoms with Gasteiger partial charge in [0.05, 0.1) is 0 Å². The summed E-state index contributed by atoms with van der Waals surface area (Å²) in [4.78, 5) is 8.21. The first kappa shape index (κ1) is 13.1. The maximum Gasteiger partial charge on any atom is 0.138 e. The Bertz CT molecular complexity index is 570. The van der Waals surface area contributed by atoms with Crippen molar-refractivity contribution < 1.29 is 0 Å². The van der Waals surface area contributed by atoms with Crippen LogP contribution in [-0.2, 0) is 6.42 Å². The van der Waals surface area contributed by atoms with E-state index in [1.165, 1.54) is 6.33 Å². The number of nitrogens with zero attached hydrogens (tertiary/aromatic N) is 2. The predicted molar refractivity (Wildman–Crippen MR) is 75.9 cm³/mol. The number of nitrogens with one attached hydrogen (secondary N) is 1. The smallest absolute Gasteiger partial charge is 0.138 e. The lowest BCUT2D eigenvalue weighted by Gasteiger charge is -2.13. The molecule has 0 aliphatic rings. The summed E-state index contributed by atoms with van der Waals surface area (Å²) in [5.74, 6) is 0.725. The van der Waals surface area contributed by atoms with E-state index in [9.17, 15) is 0 Å². The van der Waals surface area contributed by atoms with Crippen molar-refractivity contribution in [2.24, 2.45) is 0 Å². The Morgan fingerprint density at radius 1 is 1.22 bits per heavy atom. The van der Waals surface area contributed by atoms with Gasteiger partial charge < -0.3 is 5.32 Å². The summed E-state index contributed by atoms with van der Waals surface area (Å²) < 4.78 is 0. The molecule has 3 nitrogen and oxygen atoms in total. The van der Waals surface area contributed by atoms with Crippen molar-refractivity contribution >= 4 is 34.7 Å². The van der Waals surface area contributed by atoms with E-state index >= 15 is 0 Å². The first-order chi connectivity index (χ1) is 8.63. The second-order valence-corrected chi connectivity index (χ2v) is 4.65. The molecule has 0 aliphatic carbocycles. The third-order valence-electron chi connectivity index (χ3n) is 2.77. The van der Waals surface area contributed by atoms with Crippen molar-refractivity contribution in [2.75, 3.05) is 5.32 Å². The summed E-state index contributed by atoms with van der Waals surface area (Å²) in [7, 11) is 0. The van der Waals surface area contributed by atoms with Crippen molar-refractivity contribution in [1.82, 2.24) is 9.97 Å². The minimum absolute atomic E-state index is 0.481. The van der Waals surface area contributed by atoms with Gasteiger partial charge in [-0.15, -0.1) is 0 Å². The third kappa shape index (κ3) is 2.57. The molecule has 94 valence electrons. The minimum atomic E-state index is 0.481. The van der Waals surface area contributed by atoms with E-state index in [2.05, 4.69) is 15.3 Å². The fourth-order valence-electron chi connectivity index (χ4n) is 1.68. The predicted octanol–water partition coefficient (Wildman–Crippen LogP) is 4.40. The maximum absolute atomic E-state index is 6.09. The molecule has 0 saturated carbocycles. The molecule has 0 aliphatic heterocycles. The topological polar surface area (TPSA) is 37.8 Å². The lowest BCUT2D eigenvalue weighted by Crippen LogP contribution is -2.01. The molecule has 1 aromatic carbocycles. The molecule has 0 unspecified atom stereocenters. The monoisotopic (exact) mass is 281 g/mol. The van der Waals surface area contributed by atoms with Gasteiger partial charge in [-0.1, -0.05) is 36.2 Å². The minimum Gasteiger partial charge on any atom is -0.340 e. The van der Waals surface area contributed by atoms with Crippen LogP contribution in [0.15, 0.2) is 24.5 Å². The van der Waals surface area contributed by atoms with Crippen LogP contribution in [0.25, 0.3) is 0 Å². The fourth-order valence-corrected chi connectivity index (χ4v) is 2.12. The lowest BCUT2D eigenvalue weighted by atomic mass is 10.2. The summed E-state index contributed by atoms with van der Waals surface area (Å²) in [5, 5.41) is 4.46. The van der Waals surface area contributed by atoms with Crippen molar-refractivity contribution in [3.63, 3.8) is 0 Å². The number of rotatable bonds is 3. The number of anilines is 2. The summed E-state index contributed by atoms with van der Waals surface area (Å²) in [6.45, 7) is 3.97. The highest BCUT2D eigenvalue weighted by Crippen LogP contribution is 2.28. The van der Waals surface area contributed by atoms with Crippen LogP contribution in [0.2, 0.25) is 10.2 Å². The van der Waals surface area contributed by atoms with Gasteiger partial charge in [-0.05, 0) is 31.0 Å². The molecule has 0 bridgehead atoms. The molecule has 1 aromatic heterocycles. The number of halogens is 2. The summed E-state index contributed by atoms with van der Waals surface area (Å²) >= 11 is 12.1. The van der Waals surface area contributed by atoms with Crippen LogP contribution in [0.1, 0.15) is 18.1 Å². The Labute approximate surface area is 116 Å². The quantitative estimate of drug-likeness (QED) is 0.848. The Morgan fingerprint density at radius 2 is 2.00 bits per heavy atom. The van der Waals surface area contributed by atoms with E-state index in [1.807, 2.05) is 32.0 Å². The van der Waals surface area contributed by atoms with Crippen LogP contribution in [0.4, 0.5) is 11.5 Å². The maximum atomic E-state index is 6.09. The molecule has 0 amide bonds. The highest BCUT2D eigenvalue weighted by molar-refractivity contribution is 6.31. The van der Waals surface area contributed by atoms with Gasteiger partial charge in [-0.2, -0.15) is 0 Å². The van der Waals surface area contributed by atoms with Crippen LogP contribution < -0.4 is 5.32 Å². The standard InChI is InChI=1S/C13H13Cl2N3/c1-3-9-12(15)16-7-17-13(9)18-11-6-4-5-10(14)8(11)2/h4-7H,3H2,1-2H3,(H,16,17,18). The van der Waals surface area contributed by atoms with Gasteiger partial charge in [0.25, 0.3) is 0 Å². The zero-order chi connectivity index (χ0) is 13.1. The van der Waals surface area contributed by atoms with E-state index in [0.717, 1.165) is 34.1 Å². The summed E-state index contributed by atoms with van der Waals surface area (Å²) in [6, 6.07) is 5.71. The van der Waals surface area contributed by atoms with Crippen molar-refractivity contribution in [3.8, 4) is 0 Å². The zero-order valence-corrected chi connectivity index (χ0v) is 11.7. The number of aromatic nitrogens is 2. The molecule has 1 N–H and O–H groups in total. The number of benzene rings is 1. The largest absolute Gasteiger partial charge is 0.340 e. The number of hydrogen-bond acceptors (Lipinski definition) is 3. The second kappa shape index (κ2) is 5.55. The Hall–Kier alpha value is -1.32. The van der Waals surface area contributed by atoms with Crippen LogP contribution in [0.5, 0.6) is 0 Å². The molecule has 0 saturated heterocycles. The first-order valence-corrected chi connectivity index (χ1v) is 6.40. The van der Waals surface area contributed by atoms with Crippen molar-refractivity contribution in [2.45, 2.75) is 20.3 Å². The summed E-state index contributed by atoms with van der Waals surface area (Å²) in [5.41, 5.74) is 2.81. The van der Waals surface area contributed by atoms with Crippen LogP contribution in [0.3, 0.4) is 0 Å². The molecule has 0 atom stereocenters. The molecule has 2 rings (SSSR count). The summed E-state index contributed by atoms with van der Waals surface area (Å²) in [6.07, 6.45) is 2.21. The Morgan fingerprint density at radius 3 is 2.72 bits per heavy atom. The molecule has 0 spiro atoms. The number of hydrogen-bond donors (Lipinski definition) is 1. The molecule has 5 heteroatoms. The molecule has 0 radical (unpaired) electrons. The van der Waals surface area contributed by atoms with Crippen LogP contribution in [-0.4, -0.2) is 9.97 Å². The Kier molecular flexibility index (Phi) is 4.04. The van der Waals surface area contributed by atoms with Crippen LogP contribution >= 0.6 is 23.2 Å². The van der Waals surface area contributed by atoms with E-state index in [4.69, 9.17) is 23.2 Å².